The van der Waals surface area contributed by atoms with Crippen molar-refractivity contribution in [3.63, 3.8) is 0 Å². The fourth-order valence-corrected chi connectivity index (χ4v) is 4.71. The van der Waals surface area contributed by atoms with Gasteiger partial charge in [-0.3, -0.25) is 14.3 Å². The monoisotopic (exact) mass is 431 g/mol. The van der Waals surface area contributed by atoms with Crippen LogP contribution in [0, 0.1) is 5.92 Å². The van der Waals surface area contributed by atoms with Crippen molar-refractivity contribution in [2.24, 2.45) is 5.92 Å². The van der Waals surface area contributed by atoms with Crippen molar-refractivity contribution >= 4 is 11.7 Å². The molecule has 8 heteroatoms. The maximum Gasteiger partial charge on any atom is 0.255 e. The smallest absolute Gasteiger partial charge is 0.255 e. The van der Waals surface area contributed by atoms with Crippen LogP contribution in [-0.2, 0) is 0 Å². The van der Waals surface area contributed by atoms with Gasteiger partial charge in [-0.05, 0) is 43.0 Å². The lowest BCUT2D eigenvalue weighted by Gasteiger charge is -2.39. The minimum Gasteiger partial charge on any atom is -0.354 e. The quantitative estimate of drug-likeness (QED) is 0.618. The topological polar surface area (TPSA) is 70.4 Å². The highest BCUT2D eigenvalue weighted by atomic mass is 16.2. The van der Waals surface area contributed by atoms with Crippen LogP contribution in [0.5, 0.6) is 0 Å². The summed E-state index contributed by atoms with van der Waals surface area (Å²) in [5.41, 5.74) is 0.651. The molecule has 2 saturated heterocycles. The van der Waals surface area contributed by atoms with Crippen molar-refractivity contribution in [1.29, 1.82) is 0 Å². The Morgan fingerprint density at radius 1 is 0.969 bits per heavy atom. The largest absolute Gasteiger partial charge is 0.354 e. The van der Waals surface area contributed by atoms with E-state index in [4.69, 9.17) is 0 Å². The number of rotatable bonds is 5. The molecule has 0 radical (unpaired) electrons. The van der Waals surface area contributed by atoms with Gasteiger partial charge < -0.3 is 9.80 Å². The average Bonchev–Trinajstić information content (AvgIpc) is 3.40. The summed E-state index contributed by atoms with van der Waals surface area (Å²) in [6, 6.07) is 9.82. The predicted octanol–water partition coefficient (Wildman–Crippen LogP) is 2.34. The summed E-state index contributed by atoms with van der Waals surface area (Å²) in [5, 5.41) is 0. The zero-order chi connectivity index (χ0) is 21.8. The van der Waals surface area contributed by atoms with Crippen LogP contribution in [0.1, 0.15) is 23.2 Å². The fourth-order valence-electron chi connectivity index (χ4n) is 4.71. The Bertz CT molecular complexity index is 999. The van der Waals surface area contributed by atoms with Crippen LogP contribution >= 0.6 is 0 Å². The number of anilines is 1. The molecule has 1 amide bonds. The van der Waals surface area contributed by atoms with Gasteiger partial charge >= 0.3 is 0 Å². The SMILES string of the molecule is O=C(c1ccc(-n2ccnc2)nc1)N1CCCC(CN2CCN(c3ccccn3)CC2)C1. The highest BCUT2D eigenvalue weighted by molar-refractivity contribution is 5.94. The number of carbonyl (C=O) groups excluding carboxylic acids is 1. The molecule has 3 aromatic heterocycles. The number of nitrogens with zero attached hydrogens (tertiary/aromatic N) is 7. The number of hydrogen-bond acceptors (Lipinski definition) is 6. The Balaban J connectivity index is 1.14. The van der Waals surface area contributed by atoms with E-state index >= 15 is 0 Å². The summed E-state index contributed by atoms with van der Waals surface area (Å²) in [6.07, 6.45) is 11.0. The van der Waals surface area contributed by atoms with E-state index < -0.39 is 0 Å². The molecule has 32 heavy (non-hydrogen) atoms. The molecule has 5 rings (SSSR count). The molecule has 0 aromatic carbocycles. The molecule has 0 aliphatic carbocycles. The summed E-state index contributed by atoms with van der Waals surface area (Å²) >= 11 is 0. The molecule has 0 saturated carbocycles. The maximum absolute atomic E-state index is 13.1. The van der Waals surface area contributed by atoms with Crippen molar-refractivity contribution in [3.05, 3.63) is 67.0 Å². The van der Waals surface area contributed by atoms with Gasteiger partial charge in [0.05, 0.1) is 5.56 Å². The zero-order valence-electron chi connectivity index (χ0n) is 18.3. The van der Waals surface area contributed by atoms with Crippen molar-refractivity contribution in [1.82, 2.24) is 29.3 Å². The molecule has 2 aliphatic rings. The Morgan fingerprint density at radius 3 is 2.59 bits per heavy atom. The summed E-state index contributed by atoms with van der Waals surface area (Å²) in [7, 11) is 0. The van der Waals surface area contributed by atoms with E-state index in [1.54, 1.807) is 18.7 Å². The number of carbonyl (C=O) groups is 1. The van der Waals surface area contributed by atoms with Crippen molar-refractivity contribution in [3.8, 4) is 5.82 Å². The number of hydrogen-bond donors (Lipinski definition) is 0. The number of piperidine rings is 1. The second-order valence-corrected chi connectivity index (χ2v) is 8.61. The van der Waals surface area contributed by atoms with Gasteiger partial charge in [-0.2, -0.15) is 0 Å². The molecular formula is C24H29N7O. The molecule has 8 nitrogen and oxygen atoms in total. The molecule has 3 aromatic rings. The van der Waals surface area contributed by atoms with E-state index in [2.05, 4.69) is 30.8 Å². The lowest BCUT2D eigenvalue weighted by atomic mass is 9.96. The lowest BCUT2D eigenvalue weighted by Crippen LogP contribution is -2.50. The molecule has 0 N–H and O–H groups in total. The molecule has 2 fully saturated rings. The van der Waals surface area contributed by atoms with Crippen LogP contribution in [0.2, 0.25) is 0 Å². The zero-order valence-corrected chi connectivity index (χ0v) is 18.3. The van der Waals surface area contributed by atoms with Crippen molar-refractivity contribution < 1.29 is 4.79 Å². The fraction of sp³-hybridized carbons (Fsp3) is 0.417. The van der Waals surface area contributed by atoms with Crippen LogP contribution in [0.25, 0.3) is 5.82 Å². The molecule has 0 spiro atoms. The third kappa shape index (κ3) is 4.65. The second kappa shape index (κ2) is 9.48. The first kappa shape index (κ1) is 20.6. The van der Waals surface area contributed by atoms with Gasteiger partial charge in [0, 0.05) is 70.6 Å². The van der Waals surface area contributed by atoms with Crippen LogP contribution in [0.15, 0.2) is 61.4 Å². The van der Waals surface area contributed by atoms with E-state index in [0.717, 1.165) is 63.9 Å². The number of amides is 1. The Morgan fingerprint density at radius 2 is 1.88 bits per heavy atom. The molecular weight excluding hydrogens is 402 g/mol. The third-order valence-electron chi connectivity index (χ3n) is 6.43. The summed E-state index contributed by atoms with van der Waals surface area (Å²) < 4.78 is 1.83. The normalized spacial score (nSPS) is 19.8. The van der Waals surface area contributed by atoms with Crippen molar-refractivity contribution in [2.75, 3.05) is 50.7 Å². The molecule has 1 atom stereocenters. The first-order valence-corrected chi connectivity index (χ1v) is 11.4. The minimum atomic E-state index is 0.0827. The number of pyridine rings is 2. The minimum absolute atomic E-state index is 0.0827. The van der Waals surface area contributed by atoms with Gasteiger partial charge in [0.15, 0.2) is 0 Å². The Labute approximate surface area is 188 Å². The van der Waals surface area contributed by atoms with Crippen LogP contribution in [0.3, 0.4) is 0 Å². The Kier molecular flexibility index (Phi) is 6.11. The van der Waals surface area contributed by atoms with Crippen LogP contribution in [-0.4, -0.2) is 81.0 Å². The third-order valence-corrected chi connectivity index (χ3v) is 6.43. The molecule has 166 valence electrons. The van der Waals surface area contributed by atoms with E-state index in [-0.39, 0.29) is 5.91 Å². The van der Waals surface area contributed by atoms with Gasteiger partial charge in [0.2, 0.25) is 0 Å². The van der Waals surface area contributed by atoms with Crippen molar-refractivity contribution in [2.45, 2.75) is 12.8 Å². The summed E-state index contributed by atoms with van der Waals surface area (Å²) in [5.74, 6) is 2.43. The van der Waals surface area contributed by atoms with Gasteiger partial charge in [-0.15, -0.1) is 0 Å². The van der Waals surface area contributed by atoms with E-state index in [1.165, 1.54) is 6.42 Å². The van der Waals surface area contributed by atoms with Crippen LogP contribution < -0.4 is 4.90 Å². The molecule has 5 heterocycles. The number of piperazine rings is 1. The van der Waals surface area contributed by atoms with E-state index in [9.17, 15) is 4.79 Å². The highest BCUT2D eigenvalue weighted by Crippen LogP contribution is 2.21. The number of aromatic nitrogens is 4. The highest BCUT2D eigenvalue weighted by Gasteiger charge is 2.27. The van der Waals surface area contributed by atoms with Gasteiger partial charge in [-0.1, -0.05) is 6.07 Å². The summed E-state index contributed by atoms with van der Waals surface area (Å²) in [4.78, 5) is 32.9. The predicted molar refractivity (Wildman–Crippen MR) is 123 cm³/mol. The first-order valence-electron chi connectivity index (χ1n) is 11.4. The lowest BCUT2D eigenvalue weighted by molar-refractivity contribution is 0.0637. The van der Waals surface area contributed by atoms with E-state index in [1.807, 2.05) is 46.1 Å². The Hall–Kier alpha value is -3.26. The van der Waals surface area contributed by atoms with Gasteiger partial charge in [0.1, 0.15) is 18.0 Å². The molecule has 1 unspecified atom stereocenters. The molecule has 2 aliphatic heterocycles. The van der Waals surface area contributed by atoms with E-state index in [0.29, 0.717) is 11.5 Å². The van der Waals surface area contributed by atoms with Crippen LogP contribution in [0.4, 0.5) is 5.82 Å². The maximum atomic E-state index is 13.1. The number of likely N-dealkylation sites (tertiary alicyclic amines) is 1. The van der Waals surface area contributed by atoms with Gasteiger partial charge in [-0.25, -0.2) is 15.0 Å². The standard InChI is InChI=1S/C24H29N7O/c32-24(21-6-7-23(27-16-21)31-11-9-25-19-31)30-10-3-4-20(18-30)17-28-12-14-29(15-13-28)22-5-1-2-8-26-22/h1-2,5-9,11,16,19-20H,3-4,10,12-15,17-18H2. The summed E-state index contributed by atoms with van der Waals surface area (Å²) in [6.45, 7) is 6.79. The first-order chi connectivity index (χ1) is 15.8. The average molecular weight is 432 g/mol. The molecule has 0 bridgehead atoms. The number of imidazole rings is 1. The second-order valence-electron chi connectivity index (χ2n) is 8.61. The van der Waals surface area contributed by atoms with Gasteiger partial charge in [0.25, 0.3) is 5.91 Å².